The van der Waals surface area contributed by atoms with Crippen LogP contribution in [0.15, 0.2) is 42.1 Å². The molecular formula is C38H45NO5. The van der Waals surface area contributed by atoms with E-state index in [1.807, 2.05) is 38.2 Å². The summed E-state index contributed by atoms with van der Waals surface area (Å²) in [7, 11) is 0. The third-order valence-corrected chi connectivity index (χ3v) is 13.8. The van der Waals surface area contributed by atoms with E-state index in [1.54, 1.807) is 6.07 Å². The summed E-state index contributed by atoms with van der Waals surface area (Å²) in [5.41, 5.74) is 5.46. The fraction of sp³-hybridized carbons (Fsp3) is 0.526. The van der Waals surface area contributed by atoms with Crippen LogP contribution in [0.4, 0.5) is 0 Å². The molecule has 0 aliphatic heterocycles. The second kappa shape index (κ2) is 9.02. The predicted octanol–water partition coefficient (Wildman–Crippen LogP) is 8.53. The molecule has 3 fully saturated rings. The van der Waals surface area contributed by atoms with E-state index in [1.165, 1.54) is 5.57 Å². The van der Waals surface area contributed by atoms with Gasteiger partial charge in [0.25, 0.3) is 0 Å². The second-order valence-corrected chi connectivity index (χ2v) is 15.9. The van der Waals surface area contributed by atoms with E-state index < -0.39 is 11.4 Å². The van der Waals surface area contributed by atoms with E-state index in [-0.39, 0.29) is 45.0 Å². The molecular weight excluding hydrogens is 550 g/mol. The van der Waals surface area contributed by atoms with Gasteiger partial charge in [-0.25, -0.2) is 0 Å². The van der Waals surface area contributed by atoms with Crippen molar-refractivity contribution in [3.63, 3.8) is 0 Å². The van der Waals surface area contributed by atoms with Crippen molar-refractivity contribution in [2.24, 2.45) is 27.6 Å². The fourth-order valence-corrected chi connectivity index (χ4v) is 10.7. The maximum absolute atomic E-state index is 12.6. The van der Waals surface area contributed by atoms with Gasteiger partial charge in [-0.1, -0.05) is 39.3 Å². The number of aromatic amines is 1. The maximum atomic E-state index is 12.6. The summed E-state index contributed by atoms with van der Waals surface area (Å²) in [5.74, 6) is -0.783. The Bertz CT molecular complexity index is 1780. The molecule has 0 unspecified atom stereocenters. The molecule has 0 amide bonds. The van der Waals surface area contributed by atoms with Gasteiger partial charge in [0.05, 0.1) is 5.41 Å². The summed E-state index contributed by atoms with van der Waals surface area (Å²) in [6, 6.07) is 7.48. The molecule has 7 rings (SSSR count). The van der Waals surface area contributed by atoms with E-state index in [9.17, 15) is 24.9 Å². The number of fused-ring (bicyclic) bond motifs is 8. The van der Waals surface area contributed by atoms with Crippen LogP contribution in [-0.2, 0) is 10.2 Å². The van der Waals surface area contributed by atoms with Crippen molar-refractivity contribution < 1.29 is 24.9 Å². The van der Waals surface area contributed by atoms with Gasteiger partial charge in [-0.3, -0.25) is 9.59 Å². The summed E-state index contributed by atoms with van der Waals surface area (Å²) in [6.07, 6.45) is 11.6. The van der Waals surface area contributed by atoms with Gasteiger partial charge in [-0.2, -0.15) is 0 Å². The topological polar surface area (TPSA) is 111 Å². The van der Waals surface area contributed by atoms with Crippen molar-refractivity contribution in [2.45, 2.75) is 97.8 Å². The number of hydrogen-bond donors (Lipinski definition) is 4. The number of nitrogens with one attached hydrogen (secondary N) is 1. The molecule has 232 valence electrons. The third-order valence-electron chi connectivity index (χ3n) is 13.8. The molecule has 1 aromatic heterocycles. The highest BCUT2D eigenvalue weighted by atomic mass is 16.4. The largest absolute Gasteiger partial charge is 0.504 e. The Morgan fingerprint density at radius 1 is 0.977 bits per heavy atom. The average molecular weight is 596 g/mol. The van der Waals surface area contributed by atoms with E-state index in [0.717, 1.165) is 72.4 Å². The first-order chi connectivity index (χ1) is 20.6. The highest BCUT2D eigenvalue weighted by Gasteiger charge is 2.67. The fourth-order valence-electron chi connectivity index (χ4n) is 10.7. The van der Waals surface area contributed by atoms with Crippen LogP contribution in [0.1, 0.15) is 118 Å². The monoisotopic (exact) mass is 595 g/mol. The molecule has 1 heterocycles. The molecule has 3 aromatic rings. The number of carboxylic acids is 1. The minimum atomic E-state index is -0.719. The number of hydrogen-bond acceptors (Lipinski definition) is 4. The number of phenols is 2. The van der Waals surface area contributed by atoms with Crippen LogP contribution in [0.25, 0.3) is 10.9 Å². The number of rotatable bonds is 3. The van der Waals surface area contributed by atoms with E-state index in [0.29, 0.717) is 17.5 Å². The van der Waals surface area contributed by atoms with Crippen molar-refractivity contribution in [3.8, 4) is 11.5 Å². The van der Waals surface area contributed by atoms with Gasteiger partial charge in [-0.05, 0) is 127 Å². The van der Waals surface area contributed by atoms with Gasteiger partial charge in [0.1, 0.15) is 6.29 Å². The molecule has 3 saturated carbocycles. The van der Waals surface area contributed by atoms with Crippen molar-refractivity contribution in [1.82, 2.24) is 4.98 Å². The van der Waals surface area contributed by atoms with Crippen LogP contribution in [0.3, 0.4) is 0 Å². The van der Waals surface area contributed by atoms with Crippen LogP contribution >= 0.6 is 0 Å². The predicted molar refractivity (Wildman–Crippen MR) is 171 cm³/mol. The first kappa shape index (κ1) is 29.2. The number of aldehydes is 1. The number of carboxylic acid groups (broad SMARTS) is 1. The maximum Gasteiger partial charge on any atom is 0.309 e. The molecule has 4 aliphatic rings. The molecule has 6 heteroatoms. The molecule has 0 saturated heterocycles. The van der Waals surface area contributed by atoms with Gasteiger partial charge < -0.3 is 20.3 Å². The summed E-state index contributed by atoms with van der Waals surface area (Å²) in [4.78, 5) is 27.7. The Kier molecular flexibility index (Phi) is 5.98. The average Bonchev–Trinajstić information content (AvgIpc) is 3.41. The molecule has 4 N–H and O–H groups in total. The van der Waals surface area contributed by atoms with Crippen LogP contribution in [0.2, 0.25) is 0 Å². The van der Waals surface area contributed by atoms with Gasteiger partial charge in [0.15, 0.2) is 11.5 Å². The molecule has 0 radical (unpaired) electrons. The van der Waals surface area contributed by atoms with E-state index in [4.69, 9.17) is 0 Å². The zero-order chi connectivity index (χ0) is 31.6. The Hall–Kier alpha value is -3.54. The Morgan fingerprint density at radius 2 is 1.70 bits per heavy atom. The lowest BCUT2D eigenvalue weighted by Crippen LogP contribution is -2.62. The second-order valence-electron chi connectivity index (χ2n) is 15.9. The summed E-state index contributed by atoms with van der Waals surface area (Å²) in [5, 5.41) is 33.3. The summed E-state index contributed by atoms with van der Waals surface area (Å²) in [6.45, 7) is 13.4. The quantitative estimate of drug-likeness (QED) is 0.138. The minimum Gasteiger partial charge on any atom is -0.504 e. The molecule has 0 bridgehead atoms. The number of benzene rings is 2. The lowest BCUT2D eigenvalue weighted by atomic mass is 9.34. The van der Waals surface area contributed by atoms with Crippen molar-refractivity contribution in [1.29, 1.82) is 0 Å². The number of aromatic hydroxyl groups is 2. The van der Waals surface area contributed by atoms with Gasteiger partial charge in [-0.15, -0.1) is 0 Å². The Balaban J connectivity index is 1.47. The Morgan fingerprint density at radius 3 is 2.41 bits per heavy atom. The van der Waals surface area contributed by atoms with Crippen LogP contribution in [0.5, 0.6) is 11.5 Å². The van der Waals surface area contributed by atoms with Crippen LogP contribution < -0.4 is 0 Å². The molecule has 7 atom stereocenters. The van der Waals surface area contributed by atoms with Gasteiger partial charge in [0, 0.05) is 34.0 Å². The minimum absolute atomic E-state index is 0.0851. The standard InChI is InChI=1S/C38H45NO5/c1-21-31-24(25-19-39-27-8-7-22(20-40)15-23(25)27)16-29-36(4,26(31)17-28(41)32(21)42)12-14-38(6)30-18-35(3,33(43)44)10-9-34(30,2)11-13-37(29,38)5/h7-8,15-17,19-20,24,30,39,41-42H,9-14,18H2,1-6H3,(H,43,44)/t24-,30+,34+,35+,36-,37+,38-/m0/s1. The first-order valence-corrected chi connectivity index (χ1v) is 16.2. The number of aliphatic carboxylic acids is 1. The molecule has 0 spiro atoms. The first-order valence-electron chi connectivity index (χ1n) is 16.2. The number of allylic oxidation sites excluding steroid dienone is 2. The van der Waals surface area contributed by atoms with Crippen molar-refractivity contribution in [2.75, 3.05) is 0 Å². The lowest BCUT2D eigenvalue weighted by Gasteiger charge is -2.70. The highest BCUT2D eigenvalue weighted by Crippen LogP contribution is 2.75. The summed E-state index contributed by atoms with van der Waals surface area (Å²) < 4.78 is 0. The van der Waals surface area contributed by atoms with Gasteiger partial charge >= 0.3 is 5.97 Å². The number of carbonyl (C=O) groups is 2. The number of H-pyrrole nitrogens is 1. The smallest absolute Gasteiger partial charge is 0.309 e. The normalized spacial score (nSPS) is 37.7. The van der Waals surface area contributed by atoms with Crippen molar-refractivity contribution in [3.05, 3.63) is 69.9 Å². The Labute approximate surface area is 259 Å². The molecule has 44 heavy (non-hydrogen) atoms. The van der Waals surface area contributed by atoms with Crippen LogP contribution in [0, 0.1) is 34.5 Å². The molecule has 4 aliphatic carbocycles. The lowest BCUT2D eigenvalue weighted by molar-refractivity contribution is -0.177. The number of carbonyl (C=O) groups excluding carboxylic acids is 1. The SMILES string of the molecule is Cc1c(O)c(O)cc2c1[C@H](c1c[nH]c3ccc(C=O)cc13)C=C1[C@@]2(C)CC[C@@]2(C)[C@@H]3C[C@](C)(C(=O)O)CC[C@]3(C)CC[C@]12C. The van der Waals surface area contributed by atoms with Crippen molar-refractivity contribution >= 4 is 23.2 Å². The highest BCUT2D eigenvalue weighted by molar-refractivity contribution is 5.90. The molecule has 2 aromatic carbocycles. The van der Waals surface area contributed by atoms with Gasteiger partial charge in [0.2, 0.25) is 0 Å². The van der Waals surface area contributed by atoms with Crippen LogP contribution in [-0.4, -0.2) is 32.6 Å². The number of phenolic OH excluding ortho intramolecular Hbond substituents is 2. The zero-order valence-electron chi connectivity index (χ0n) is 26.8. The number of aromatic nitrogens is 1. The third kappa shape index (κ3) is 3.54. The summed E-state index contributed by atoms with van der Waals surface area (Å²) >= 11 is 0. The van der Waals surface area contributed by atoms with E-state index >= 15 is 0 Å². The van der Waals surface area contributed by atoms with E-state index in [2.05, 4.69) is 38.8 Å². The zero-order valence-corrected chi connectivity index (χ0v) is 26.8. The molecule has 6 nitrogen and oxygen atoms in total.